The van der Waals surface area contributed by atoms with Crippen LogP contribution in [0.5, 0.6) is 11.5 Å². The molecule has 7 heteroatoms. The van der Waals surface area contributed by atoms with Gasteiger partial charge in [0.15, 0.2) is 11.5 Å². The fraction of sp³-hybridized carbons (Fsp3) is 0.136. The molecule has 0 atom stereocenters. The van der Waals surface area contributed by atoms with Gasteiger partial charge >= 0.3 is 5.97 Å². The van der Waals surface area contributed by atoms with Crippen molar-refractivity contribution in [2.45, 2.75) is 0 Å². The number of fused-ring (bicyclic) bond motifs is 1. The minimum Gasteiger partial charge on any atom is -0.486 e. The summed E-state index contributed by atoms with van der Waals surface area (Å²) < 4.78 is 17.6. The van der Waals surface area contributed by atoms with Gasteiger partial charge in [0, 0.05) is 17.3 Å². The molecule has 29 heavy (non-hydrogen) atoms. The molecule has 2 heterocycles. The Morgan fingerprint density at radius 1 is 1.17 bits per heavy atom. The standard InChI is InChI=1S/C22H17N3O4/c1-27-22(26)16(13-23)11-17-14-25(18-5-3-2-4-6-18)24-21(17)15-7-8-19-20(12-15)29-10-9-28-19/h2-8,11-12,14H,9-10H2,1H3. The first kappa shape index (κ1) is 18.3. The van der Waals surface area contributed by atoms with Crippen LogP contribution in [0.3, 0.4) is 0 Å². The third-order valence-electron chi connectivity index (χ3n) is 4.40. The first-order valence-electron chi connectivity index (χ1n) is 8.95. The Morgan fingerprint density at radius 2 is 1.93 bits per heavy atom. The predicted octanol–water partition coefficient (Wildman–Crippen LogP) is 3.39. The topological polar surface area (TPSA) is 86.4 Å². The van der Waals surface area contributed by atoms with Crippen molar-refractivity contribution in [2.24, 2.45) is 0 Å². The summed E-state index contributed by atoms with van der Waals surface area (Å²) in [5.41, 5.74) is 2.72. The molecule has 0 N–H and O–H groups in total. The molecule has 0 radical (unpaired) electrons. The lowest BCUT2D eigenvalue weighted by Gasteiger charge is -2.18. The van der Waals surface area contributed by atoms with E-state index in [1.807, 2.05) is 54.6 Å². The summed E-state index contributed by atoms with van der Waals surface area (Å²) in [5.74, 6) is 0.603. The van der Waals surface area contributed by atoms with Crippen LogP contribution in [0.4, 0.5) is 0 Å². The molecule has 0 unspecified atom stereocenters. The van der Waals surface area contributed by atoms with Crippen LogP contribution in [0.25, 0.3) is 23.0 Å². The van der Waals surface area contributed by atoms with Crippen molar-refractivity contribution >= 4 is 12.0 Å². The third-order valence-corrected chi connectivity index (χ3v) is 4.40. The van der Waals surface area contributed by atoms with Crippen molar-refractivity contribution in [2.75, 3.05) is 20.3 Å². The third kappa shape index (κ3) is 3.69. The number of para-hydroxylation sites is 1. The van der Waals surface area contributed by atoms with Gasteiger partial charge in [-0.2, -0.15) is 10.4 Å². The molecule has 0 aliphatic carbocycles. The van der Waals surface area contributed by atoms with Gasteiger partial charge in [0.2, 0.25) is 0 Å². The molecule has 0 amide bonds. The van der Waals surface area contributed by atoms with E-state index in [0.717, 1.165) is 11.3 Å². The SMILES string of the molecule is COC(=O)C(C#N)=Cc1cn(-c2ccccc2)nc1-c1ccc2c(c1)OCCO2. The molecule has 0 fully saturated rings. The number of nitriles is 1. The molecule has 4 rings (SSSR count). The fourth-order valence-corrected chi connectivity index (χ4v) is 3.02. The van der Waals surface area contributed by atoms with Crippen LogP contribution >= 0.6 is 0 Å². The molecular formula is C22H17N3O4. The number of ether oxygens (including phenoxy) is 3. The summed E-state index contributed by atoms with van der Waals surface area (Å²) in [4.78, 5) is 11.9. The molecule has 0 saturated carbocycles. The van der Waals surface area contributed by atoms with Gasteiger partial charge in [-0.3, -0.25) is 0 Å². The summed E-state index contributed by atoms with van der Waals surface area (Å²) in [6, 6.07) is 17.0. The van der Waals surface area contributed by atoms with E-state index in [2.05, 4.69) is 5.10 Å². The Labute approximate surface area is 167 Å². The maximum absolute atomic E-state index is 11.9. The second-order valence-corrected chi connectivity index (χ2v) is 6.23. The molecular weight excluding hydrogens is 370 g/mol. The van der Waals surface area contributed by atoms with Gasteiger partial charge in [-0.1, -0.05) is 18.2 Å². The van der Waals surface area contributed by atoms with Gasteiger partial charge in [0.25, 0.3) is 0 Å². The number of carbonyl (C=O) groups excluding carboxylic acids is 1. The zero-order valence-electron chi connectivity index (χ0n) is 15.7. The van der Waals surface area contributed by atoms with Crippen LogP contribution in [0, 0.1) is 11.3 Å². The number of rotatable bonds is 4. The molecule has 3 aromatic rings. The normalized spacial score (nSPS) is 12.9. The van der Waals surface area contributed by atoms with E-state index < -0.39 is 5.97 Å². The highest BCUT2D eigenvalue weighted by atomic mass is 16.6. The van der Waals surface area contributed by atoms with Crippen LogP contribution in [0.1, 0.15) is 5.56 Å². The van der Waals surface area contributed by atoms with E-state index in [9.17, 15) is 10.1 Å². The first-order valence-corrected chi connectivity index (χ1v) is 8.95. The van der Waals surface area contributed by atoms with Crippen LogP contribution in [-0.4, -0.2) is 36.1 Å². The fourth-order valence-electron chi connectivity index (χ4n) is 3.02. The van der Waals surface area contributed by atoms with Crippen molar-refractivity contribution in [3.63, 3.8) is 0 Å². The Kier molecular flexibility index (Phi) is 4.99. The van der Waals surface area contributed by atoms with Gasteiger partial charge in [0.05, 0.1) is 12.8 Å². The number of aromatic nitrogens is 2. The van der Waals surface area contributed by atoms with Gasteiger partial charge < -0.3 is 14.2 Å². The van der Waals surface area contributed by atoms with Gasteiger partial charge in [-0.25, -0.2) is 9.48 Å². The number of benzene rings is 2. The second kappa shape index (κ2) is 7.90. The van der Waals surface area contributed by atoms with E-state index in [4.69, 9.17) is 14.2 Å². The van der Waals surface area contributed by atoms with E-state index in [1.165, 1.54) is 13.2 Å². The van der Waals surface area contributed by atoms with E-state index >= 15 is 0 Å². The molecule has 0 bridgehead atoms. The average Bonchev–Trinajstić information content (AvgIpc) is 3.21. The van der Waals surface area contributed by atoms with Crippen molar-refractivity contribution in [1.82, 2.24) is 9.78 Å². The molecule has 0 spiro atoms. The lowest BCUT2D eigenvalue weighted by Crippen LogP contribution is -2.15. The highest BCUT2D eigenvalue weighted by Crippen LogP contribution is 2.35. The monoisotopic (exact) mass is 387 g/mol. The highest BCUT2D eigenvalue weighted by Gasteiger charge is 2.18. The van der Waals surface area contributed by atoms with Crippen molar-refractivity contribution < 1.29 is 19.0 Å². The molecule has 7 nitrogen and oxygen atoms in total. The number of carbonyl (C=O) groups is 1. The minimum absolute atomic E-state index is 0.112. The predicted molar refractivity (Wildman–Crippen MR) is 106 cm³/mol. The maximum Gasteiger partial charge on any atom is 0.348 e. The molecule has 1 aliphatic heterocycles. The zero-order valence-corrected chi connectivity index (χ0v) is 15.7. The van der Waals surface area contributed by atoms with Crippen LogP contribution in [0.15, 0.2) is 60.3 Å². The van der Waals surface area contributed by atoms with Gasteiger partial charge in [0.1, 0.15) is 30.6 Å². The van der Waals surface area contributed by atoms with Crippen molar-refractivity contribution in [3.05, 3.63) is 65.9 Å². The van der Waals surface area contributed by atoms with Gasteiger partial charge in [-0.05, 0) is 36.4 Å². The Balaban J connectivity index is 1.85. The molecule has 1 aliphatic rings. The van der Waals surface area contributed by atoms with Crippen molar-refractivity contribution in [1.29, 1.82) is 5.26 Å². The number of hydrogen-bond donors (Lipinski definition) is 0. The lowest BCUT2D eigenvalue weighted by molar-refractivity contribution is -0.135. The highest BCUT2D eigenvalue weighted by molar-refractivity contribution is 5.98. The second-order valence-electron chi connectivity index (χ2n) is 6.23. The lowest BCUT2D eigenvalue weighted by atomic mass is 10.1. The van der Waals surface area contributed by atoms with Crippen LogP contribution in [-0.2, 0) is 9.53 Å². The Hall–Kier alpha value is -4.05. The van der Waals surface area contributed by atoms with Crippen LogP contribution in [0.2, 0.25) is 0 Å². The van der Waals surface area contributed by atoms with Crippen LogP contribution < -0.4 is 9.47 Å². The summed E-state index contributed by atoms with van der Waals surface area (Å²) in [6.07, 6.45) is 3.24. The smallest absolute Gasteiger partial charge is 0.348 e. The summed E-state index contributed by atoms with van der Waals surface area (Å²) >= 11 is 0. The molecule has 0 saturated heterocycles. The number of nitrogens with zero attached hydrogens (tertiary/aromatic N) is 3. The number of esters is 1. The van der Waals surface area contributed by atoms with Gasteiger partial charge in [-0.15, -0.1) is 0 Å². The van der Waals surface area contributed by atoms with Crippen molar-refractivity contribution in [3.8, 4) is 34.5 Å². The largest absolute Gasteiger partial charge is 0.486 e. The molecule has 1 aromatic heterocycles. The Morgan fingerprint density at radius 3 is 2.66 bits per heavy atom. The molecule has 2 aromatic carbocycles. The Bertz CT molecular complexity index is 1130. The summed E-state index contributed by atoms with van der Waals surface area (Å²) in [5, 5.41) is 14.0. The summed E-state index contributed by atoms with van der Waals surface area (Å²) in [7, 11) is 1.24. The van der Waals surface area contributed by atoms with E-state index in [-0.39, 0.29) is 5.57 Å². The average molecular weight is 387 g/mol. The van der Waals surface area contributed by atoms with E-state index in [1.54, 1.807) is 10.9 Å². The van der Waals surface area contributed by atoms with E-state index in [0.29, 0.717) is 36.0 Å². The quantitative estimate of drug-likeness (QED) is 0.387. The molecule has 144 valence electrons. The summed E-state index contributed by atoms with van der Waals surface area (Å²) in [6.45, 7) is 0.982. The zero-order chi connectivity index (χ0) is 20.2. The number of hydrogen-bond acceptors (Lipinski definition) is 6. The minimum atomic E-state index is -0.701. The maximum atomic E-state index is 11.9. The first-order chi connectivity index (χ1) is 14.2. The number of methoxy groups -OCH3 is 1.